The molecule has 0 saturated carbocycles. The van der Waals surface area contributed by atoms with Crippen LogP contribution >= 0.6 is 0 Å². The molecule has 0 bridgehead atoms. The summed E-state index contributed by atoms with van der Waals surface area (Å²) in [6, 6.07) is 0. The normalized spacial score (nSPS) is 18.2. The van der Waals surface area contributed by atoms with E-state index in [4.69, 9.17) is 25.5 Å². The van der Waals surface area contributed by atoms with Crippen LogP contribution in [-0.4, -0.2) is 62.9 Å². The van der Waals surface area contributed by atoms with Crippen molar-refractivity contribution in [2.75, 3.05) is 19.8 Å². The van der Waals surface area contributed by atoms with Crippen LogP contribution in [0.4, 0.5) is 0 Å². The van der Waals surface area contributed by atoms with Crippen LogP contribution < -0.4 is 0 Å². The molecule has 0 aromatic carbocycles. The molecule has 0 heterocycles. The van der Waals surface area contributed by atoms with Crippen LogP contribution in [0.15, 0.2) is 0 Å². The van der Waals surface area contributed by atoms with Crippen LogP contribution in [0, 0.1) is 11.8 Å². The van der Waals surface area contributed by atoms with Crippen LogP contribution in [0.1, 0.15) is 6.42 Å². The van der Waals surface area contributed by atoms with Crippen molar-refractivity contribution in [3.05, 3.63) is 0 Å². The average Bonchev–Trinajstić information content (AvgIpc) is 2.17. The van der Waals surface area contributed by atoms with E-state index in [0.29, 0.717) is 0 Å². The van der Waals surface area contributed by atoms with Crippen molar-refractivity contribution in [1.29, 1.82) is 0 Å². The summed E-state index contributed by atoms with van der Waals surface area (Å²) in [5.74, 6) is -1.41. The lowest BCUT2D eigenvalue weighted by molar-refractivity contribution is -0.157. The van der Waals surface area contributed by atoms with Gasteiger partial charge in [-0.05, 0) is 12.3 Å². The Morgan fingerprint density at radius 1 is 0.857 bits per heavy atom. The van der Waals surface area contributed by atoms with Gasteiger partial charge in [0.1, 0.15) is 6.10 Å². The van der Waals surface area contributed by atoms with Crippen molar-refractivity contribution in [1.82, 2.24) is 0 Å². The van der Waals surface area contributed by atoms with Crippen molar-refractivity contribution in [3.63, 3.8) is 0 Å². The molecule has 0 saturated heterocycles. The van der Waals surface area contributed by atoms with Gasteiger partial charge in [-0.25, -0.2) is 0 Å². The number of hydrogen-bond acceptors (Lipinski definition) is 6. The van der Waals surface area contributed by atoms with Crippen molar-refractivity contribution < 1.29 is 30.6 Å². The molecule has 6 nitrogen and oxygen atoms in total. The maximum absolute atomic E-state index is 9.26. The van der Waals surface area contributed by atoms with Gasteiger partial charge < -0.3 is 30.6 Å². The summed E-state index contributed by atoms with van der Waals surface area (Å²) >= 11 is 0. The summed E-state index contributed by atoms with van der Waals surface area (Å²) in [7, 11) is 0. The maximum Gasteiger partial charge on any atom is 0.178 e. The largest absolute Gasteiger partial charge is 0.396 e. The minimum absolute atomic E-state index is 0.186. The molecule has 0 aliphatic carbocycles. The number of aliphatic hydroxyl groups excluding tert-OH is 5. The van der Waals surface area contributed by atoms with Gasteiger partial charge in [0.25, 0.3) is 0 Å². The molecular formula is C8H18O6. The third kappa shape index (κ3) is 3.87. The fourth-order valence-electron chi connectivity index (χ4n) is 1.36. The quantitative estimate of drug-likeness (QED) is 0.253. The van der Waals surface area contributed by atoms with E-state index in [0.717, 1.165) is 0 Å². The van der Waals surface area contributed by atoms with E-state index < -0.39 is 30.8 Å². The van der Waals surface area contributed by atoms with E-state index in [9.17, 15) is 5.11 Å². The van der Waals surface area contributed by atoms with Crippen molar-refractivity contribution in [2.45, 2.75) is 18.8 Å². The zero-order chi connectivity index (χ0) is 11.1. The summed E-state index contributed by atoms with van der Waals surface area (Å²) in [6.45, 7) is -1.02. The van der Waals surface area contributed by atoms with Crippen LogP contribution in [0.25, 0.3) is 0 Å². The first-order chi connectivity index (χ1) is 6.58. The zero-order valence-electron chi connectivity index (χ0n) is 7.82. The molecule has 0 radical (unpaired) electrons. The second-order valence-electron chi connectivity index (χ2n) is 3.21. The van der Waals surface area contributed by atoms with Gasteiger partial charge in [-0.2, -0.15) is 0 Å². The highest BCUT2D eigenvalue weighted by Gasteiger charge is 2.30. The van der Waals surface area contributed by atoms with Crippen LogP contribution in [0.2, 0.25) is 0 Å². The lowest BCUT2D eigenvalue weighted by atomic mass is 9.86. The van der Waals surface area contributed by atoms with Crippen molar-refractivity contribution in [2.24, 2.45) is 11.8 Å². The highest BCUT2D eigenvalue weighted by Crippen LogP contribution is 2.20. The van der Waals surface area contributed by atoms with Crippen LogP contribution in [0.3, 0.4) is 0 Å². The molecular weight excluding hydrogens is 192 g/mol. The molecule has 0 rings (SSSR count). The summed E-state index contributed by atoms with van der Waals surface area (Å²) in [5, 5.41) is 53.1. The van der Waals surface area contributed by atoms with Gasteiger partial charge in [0.15, 0.2) is 6.29 Å². The lowest BCUT2D eigenvalue weighted by Gasteiger charge is -2.28. The van der Waals surface area contributed by atoms with Crippen LogP contribution in [0.5, 0.6) is 0 Å². The Morgan fingerprint density at radius 2 is 1.43 bits per heavy atom. The van der Waals surface area contributed by atoms with Crippen LogP contribution in [-0.2, 0) is 0 Å². The van der Waals surface area contributed by atoms with Gasteiger partial charge >= 0.3 is 0 Å². The highest BCUT2D eigenvalue weighted by molar-refractivity contribution is 4.77. The molecule has 0 amide bonds. The molecule has 0 aromatic rings. The summed E-state index contributed by atoms with van der Waals surface area (Å²) in [6.07, 6.45) is -3.30. The fourth-order valence-corrected chi connectivity index (χ4v) is 1.36. The van der Waals surface area contributed by atoms with Gasteiger partial charge in [-0.15, -0.1) is 0 Å². The second-order valence-corrected chi connectivity index (χ2v) is 3.21. The van der Waals surface area contributed by atoms with Gasteiger partial charge in [0.05, 0.1) is 0 Å². The molecule has 0 fully saturated rings. The molecule has 0 spiro atoms. The minimum atomic E-state index is -1.96. The average molecular weight is 210 g/mol. The Morgan fingerprint density at radius 3 is 1.71 bits per heavy atom. The van der Waals surface area contributed by atoms with Crippen molar-refractivity contribution in [3.8, 4) is 0 Å². The molecule has 86 valence electrons. The zero-order valence-corrected chi connectivity index (χ0v) is 7.82. The van der Waals surface area contributed by atoms with E-state index in [2.05, 4.69) is 0 Å². The molecule has 6 N–H and O–H groups in total. The van der Waals surface area contributed by atoms with Crippen molar-refractivity contribution >= 4 is 0 Å². The molecule has 0 aliphatic heterocycles. The molecule has 0 aromatic heterocycles. The Bertz CT molecular complexity index is 140. The predicted molar refractivity (Wildman–Crippen MR) is 47.1 cm³/mol. The molecule has 6 heteroatoms. The second kappa shape index (κ2) is 7.10. The highest BCUT2D eigenvalue weighted by atomic mass is 16.5. The topological polar surface area (TPSA) is 121 Å². The smallest absolute Gasteiger partial charge is 0.178 e. The van der Waals surface area contributed by atoms with Gasteiger partial charge in [-0.1, -0.05) is 0 Å². The van der Waals surface area contributed by atoms with Gasteiger partial charge in [0.2, 0.25) is 0 Å². The van der Waals surface area contributed by atoms with E-state index in [1.165, 1.54) is 0 Å². The third-order valence-corrected chi connectivity index (χ3v) is 2.29. The Labute approximate surface area is 82.1 Å². The third-order valence-electron chi connectivity index (χ3n) is 2.29. The van der Waals surface area contributed by atoms with E-state index in [-0.39, 0.29) is 19.6 Å². The van der Waals surface area contributed by atoms with Gasteiger partial charge in [0, 0.05) is 25.7 Å². The Balaban J connectivity index is 4.33. The number of aliphatic hydroxyl groups is 6. The number of hydrogen-bond donors (Lipinski definition) is 6. The summed E-state index contributed by atoms with van der Waals surface area (Å²) in [5.41, 5.74) is 0. The summed E-state index contributed by atoms with van der Waals surface area (Å²) in [4.78, 5) is 0. The molecule has 3 atom stereocenters. The molecule has 0 aliphatic rings. The maximum atomic E-state index is 9.26. The first kappa shape index (κ1) is 13.8. The molecule has 14 heavy (non-hydrogen) atoms. The minimum Gasteiger partial charge on any atom is -0.396 e. The Hall–Kier alpha value is -0.240. The first-order valence-electron chi connectivity index (χ1n) is 4.45. The van der Waals surface area contributed by atoms with E-state index in [1.807, 2.05) is 0 Å². The number of rotatable bonds is 7. The van der Waals surface area contributed by atoms with Gasteiger partial charge in [-0.3, -0.25) is 0 Å². The molecule has 3 unspecified atom stereocenters. The van der Waals surface area contributed by atoms with E-state index in [1.54, 1.807) is 0 Å². The monoisotopic (exact) mass is 210 g/mol. The standard InChI is InChI=1S/C8H18O6/c9-2-1-5(3-10)6(4-11)7(12)8(13)14/h5-14H,1-4H2. The SMILES string of the molecule is OCCC(CO)C(CO)C(O)C(O)O. The first-order valence-corrected chi connectivity index (χ1v) is 4.45. The Kier molecular flexibility index (Phi) is 6.98. The fraction of sp³-hybridized carbons (Fsp3) is 1.00. The summed E-state index contributed by atoms with van der Waals surface area (Å²) < 4.78 is 0. The predicted octanol–water partition coefficient (Wildman–Crippen LogP) is -2.74. The lowest BCUT2D eigenvalue weighted by Crippen LogP contribution is -2.41. The van der Waals surface area contributed by atoms with E-state index >= 15 is 0 Å².